The second kappa shape index (κ2) is 7.34. The maximum atomic E-state index is 12.4. The van der Waals surface area contributed by atoms with Gasteiger partial charge in [-0.1, -0.05) is 12.1 Å². The van der Waals surface area contributed by atoms with Crippen molar-refractivity contribution in [1.29, 1.82) is 0 Å². The maximum absolute atomic E-state index is 12.4. The maximum Gasteiger partial charge on any atom is 0.228 e. The fraction of sp³-hybridized carbons (Fsp3) is 0.500. The standard InChI is InChI=1S/C16H20Cl2N2O2/c1-11-12(2)20(16(22)8-10-18)14-6-4-3-5-13(14)19(11)15(21)7-9-17/h3-6,11-12H,7-10H2,1-2H3/t11-,12-/m0/s1. The van der Waals surface area contributed by atoms with Crippen LogP contribution in [-0.2, 0) is 9.59 Å². The number of alkyl halides is 2. The Bertz CT molecular complexity index is 516. The minimum atomic E-state index is -0.120. The van der Waals surface area contributed by atoms with Crippen LogP contribution in [0.5, 0.6) is 0 Å². The molecular weight excluding hydrogens is 323 g/mol. The van der Waals surface area contributed by atoms with Crippen LogP contribution in [0.15, 0.2) is 24.3 Å². The quantitative estimate of drug-likeness (QED) is 0.786. The van der Waals surface area contributed by atoms with Crippen LogP contribution < -0.4 is 9.80 Å². The number of fused-ring (bicyclic) bond motifs is 1. The lowest BCUT2D eigenvalue weighted by molar-refractivity contribution is -0.121. The molecule has 2 atom stereocenters. The monoisotopic (exact) mass is 342 g/mol. The fourth-order valence-corrected chi connectivity index (χ4v) is 3.19. The number of hydrogen-bond acceptors (Lipinski definition) is 2. The fourth-order valence-electron chi connectivity index (χ4n) is 2.87. The first kappa shape index (κ1) is 17.1. The van der Waals surface area contributed by atoms with Gasteiger partial charge in [0.15, 0.2) is 0 Å². The Morgan fingerprint density at radius 1 is 0.909 bits per heavy atom. The molecule has 0 fully saturated rings. The molecule has 1 aromatic rings. The van der Waals surface area contributed by atoms with Crippen molar-refractivity contribution in [2.24, 2.45) is 0 Å². The molecule has 0 radical (unpaired) electrons. The molecule has 4 nitrogen and oxygen atoms in total. The molecule has 0 N–H and O–H groups in total. The zero-order valence-corrected chi connectivity index (χ0v) is 14.3. The van der Waals surface area contributed by atoms with Gasteiger partial charge in [0, 0.05) is 24.6 Å². The van der Waals surface area contributed by atoms with Gasteiger partial charge in [-0.3, -0.25) is 9.59 Å². The smallest absolute Gasteiger partial charge is 0.228 e. The van der Waals surface area contributed by atoms with E-state index < -0.39 is 0 Å². The third kappa shape index (κ3) is 3.08. The Balaban J connectivity index is 2.48. The highest BCUT2D eigenvalue weighted by atomic mass is 35.5. The van der Waals surface area contributed by atoms with Crippen molar-refractivity contribution < 1.29 is 9.59 Å². The van der Waals surface area contributed by atoms with Crippen LogP contribution >= 0.6 is 23.2 Å². The van der Waals surface area contributed by atoms with Crippen molar-refractivity contribution >= 4 is 46.4 Å². The molecule has 0 spiro atoms. The van der Waals surface area contributed by atoms with E-state index in [2.05, 4.69) is 0 Å². The Morgan fingerprint density at radius 2 is 1.27 bits per heavy atom. The van der Waals surface area contributed by atoms with Gasteiger partial charge in [-0.25, -0.2) is 0 Å². The van der Waals surface area contributed by atoms with E-state index in [0.29, 0.717) is 0 Å². The molecule has 1 aliphatic rings. The number of para-hydroxylation sites is 2. The average molecular weight is 343 g/mol. The van der Waals surface area contributed by atoms with Gasteiger partial charge in [0.1, 0.15) is 0 Å². The van der Waals surface area contributed by atoms with E-state index >= 15 is 0 Å². The molecule has 2 rings (SSSR count). The highest BCUT2D eigenvalue weighted by molar-refractivity contribution is 6.20. The summed E-state index contributed by atoms with van der Waals surface area (Å²) in [6, 6.07) is 7.23. The number of carbonyl (C=O) groups excluding carboxylic acids is 2. The van der Waals surface area contributed by atoms with Gasteiger partial charge in [-0.05, 0) is 26.0 Å². The normalized spacial score (nSPS) is 20.7. The summed E-state index contributed by atoms with van der Waals surface area (Å²) >= 11 is 11.4. The Labute approximate surface area is 141 Å². The van der Waals surface area contributed by atoms with Gasteiger partial charge in [0.2, 0.25) is 11.8 Å². The number of benzene rings is 1. The molecule has 22 heavy (non-hydrogen) atoms. The van der Waals surface area contributed by atoms with Crippen LogP contribution in [0.1, 0.15) is 26.7 Å². The summed E-state index contributed by atoms with van der Waals surface area (Å²) in [5.74, 6) is 0.526. The van der Waals surface area contributed by atoms with Gasteiger partial charge in [-0.2, -0.15) is 0 Å². The molecule has 6 heteroatoms. The van der Waals surface area contributed by atoms with Crippen molar-refractivity contribution in [2.75, 3.05) is 21.6 Å². The van der Waals surface area contributed by atoms with Gasteiger partial charge in [-0.15, -0.1) is 23.2 Å². The number of rotatable bonds is 4. The van der Waals surface area contributed by atoms with Gasteiger partial charge in [0.05, 0.1) is 23.5 Å². The molecule has 1 aromatic carbocycles. The van der Waals surface area contributed by atoms with E-state index in [9.17, 15) is 9.59 Å². The van der Waals surface area contributed by atoms with E-state index in [1.54, 1.807) is 9.80 Å². The molecule has 0 saturated carbocycles. The van der Waals surface area contributed by atoms with Crippen LogP contribution in [0.3, 0.4) is 0 Å². The first-order chi connectivity index (χ1) is 10.5. The van der Waals surface area contributed by atoms with Gasteiger partial charge < -0.3 is 9.80 Å². The molecule has 0 saturated heterocycles. The van der Waals surface area contributed by atoms with Crippen LogP contribution in [0.4, 0.5) is 11.4 Å². The molecule has 0 bridgehead atoms. The summed E-state index contributed by atoms with van der Waals surface area (Å²) in [5, 5.41) is 0. The first-order valence-corrected chi connectivity index (χ1v) is 8.45. The highest BCUT2D eigenvalue weighted by Crippen LogP contribution is 2.39. The summed E-state index contributed by atoms with van der Waals surface area (Å²) in [7, 11) is 0. The molecule has 1 heterocycles. The van der Waals surface area contributed by atoms with E-state index in [0.717, 1.165) is 11.4 Å². The van der Waals surface area contributed by atoms with E-state index in [4.69, 9.17) is 23.2 Å². The van der Waals surface area contributed by atoms with Crippen LogP contribution in [0.2, 0.25) is 0 Å². The predicted molar refractivity (Wildman–Crippen MR) is 91.0 cm³/mol. The van der Waals surface area contributed by atoms with Crippen molar-refractivity contribution in [3.05, 3.63) is 24.3 Å². The minimum Gasteiger partial charge on any atom is -0.305 e. The van der Waals surface area contributed by atoms with E-state index in [-0.39, 0.29) is 48.5 Å². The summed E-state index contributed by atoms with van der Waals surface area (Å²) in [6.45, 7) is 3.90. The summed E-state index contributed by atoms with van der Waals surface area (Å²) in [6.07, 6.45) is 0.561. The Morgan fingerprint density at radius 3 is 1.59 bits per heavy atom. The number of anilines is 2. The summed E-state index contributed by atoms with van der Waals surface area (Å²) < 4.78 is 0. The molecule has 0 aromatic heterocycles. The Kier molecular flexibility index (Phi) is 5.70. The first-order valence-electron chi connectivity index (χ1n) is 7.38. The van der Waals surface area contributed by atoms with Gasteiger partial charge >= 0.3 is 0 Å². The topological polar surface area (TPSA) is 40.6 Å². The van der Waals surface area contributed by atoms with Crippen molar-refractivity contribution in [3.8, 4) is 0 Å². The van der Waals surface area contributed by atoms with E-state index in [1.165, 1.54) is 0 Å². The molecule has 0 aliphatic carbocycles. The van der Waals surface area contributed by atoms with Crippen LogP contribution in [-0.4, -0.2) is 35.7 Å². The van der Waals surface area contributed by atoms with Crippen molar-refractivity contribution in [3.63, 3.8) is 0 Å². The lowest BCUT2D eigenvalue weighted by Gasteiger charge is -2.45. The summed E-state index contributed by atoms with van der Waals surface area (Å²) in [4.78, 5) is 28.4. The number of amides is 2. The Hall–Kier alpha value is -1.26. The van der Waals surface area contributed by atoms with Gasteiger partial charge in [0.25, 0.3) is 0 Å². The zero-order valence-electron chi connectivity index (χ0n) is 12.8. The molecule has 0 unspecified atom stereocenters. The zero-order chi connectivity index (χ0) is 16.3. The van der Waals surface area contributed by atoms with Crippen molar-refractivity contribution in [1.82, 2.24) is 0 Å². The summed E-state index contributed by atoms with van der Waals surface area (Å²) in [5.41, 5.74) is 1.51. The minimum absolute atomic E-state index is 0.0220. The third-order valence-corrected chi connectivity index (χ3v) is 4.45. The molecular formula is C16H20Cl2N2O2. The third-order valence-electron chi connectivity index (χ3n) is 4.07. The lowest BCUT2D eigenvalue weighted by Crippen LogP contribution is -2.57. The van der Waals surface area contributed by atoms with Crippen molar-refractivity contribution in [2.45, 2.75) is 38.8 Å². The van der Waals surface area contributed by atoms with E-state index in [1.807, 2.05) is 38.1 Å². The number of halogens is 2. The molecule has 1 aliphatic heterocycles. The van der Waals surface area contributed by atoms with Crippen LogP contribution in [0, 0.1) is 0 Å². The molecule has 120 valence electrons. The molecule has 2 amide bonds. The average Bonchev–Trinajstić information content (AvgIpc) is 2.49. The number of carbonyl (C=O) groups is 2. The number of hydrogen-bond donors (Lipinski definition) is 0. The highest BCUT2D eigenvalue weighted by Gasteiger charge is 2.39. The SMILES string of the molecule is C[C@H]1[C@H](C)N(C(=O)CCCl)c2ccccc2N1C(=O)CCCl. The number of nitrogens with zero attached hydrogens (tertiary/aromatic N) is 2. The second-order valence-electron chi connectivity index (χ2n) is 5.38. The lowest BCUT2D eigenvalue weighted by atomic mass is 9.99. The second-order valence-corrected chi connectivity index (χ2v) is 6.13. The largest absolute Gasteiger partial charge is 0.305 e. The predicted octanol–water partition coefficient (Wildman–Crippen LogP) is 3.40. The van der Waals surface area contributed by atoms with Crippen LogP contribution in [0.25, 0.3) is 0 Å².